The number of aryl methyl sites for hydroxylation is 1. The molecule has 1 heterocycles. The van der Waals surface area contributed by atoms with Gasteiger partial charge in [0.1, 0.15) is 6.29 Å². The van der Waals surface area contributed by atoms with Crippen molar-refractivity contribution in [1.82, 2.24) is 4.90 Å². The van der Waals surface area contributed by atoms with Crippen LogP contribution in [0.4, 0.5) is 5.00 Å². The summed E-state index contributed by atoms with van der Waals surface area (Å²) in [7, 11) is 4.22. The van der Waals surface area contributed by atoms with Crippen LogP contribution in [0.15, 0.2) is 36.4 Å². The molecule has 0 amide bonds. The molecule has 0 saturated heterocycles. The second-order valence-corrected chi connectivity index (χ2v) is 9.70. The number of nitrogens with zero attached hydrogens (tertiary/aromatic N) is 2. The monoisotopic (exact) mass is 414 g/mol. The van der Waals surface area contributed by atoms with Gasteiger partial charge in [0.05, 0.1) is 5.00 Å². The van der Waals surface area contributed by atoms with Crippen molar-refractivity contribution in [2.75, 3.05) is 32.1 Å². The van der Waals surface area contributed by atoms with Crippen LogP contribution in [0.1, 0.15) is 47.6 Å². The molecule has 1 saturated carbocycles. The Morgan fingerprint density at radius 1 is 1.14 bits per heavy atom. The Labute approximate surface area is 179 Å². The summed E-state index contributed by atoms with van der Waals surface area (Å²) in [5, 5.41) is 10.2. The van der Waals surface area contributed by atoms with Crippen molar-refractivity contribution in [3.63, 3.8) is 0 Å². The van der Waals surface area contributed by atoms with E-state index in [0.717, 1.165) is 38.8 Å². The topological polar surface area (TPSA) is 43.8 Å². The van der Waals surface area contributed by atoms with Crippen molar-refractivity contribution in [2.45, 2.75) is 51.1 Å². The number of benzene rings is 1. The van der Waals surface area contributed by atoms with Crippen LogP contribution in [0.2, 0.25) is 0 Å². The molecular formula is C24H34N2O2S. The van der Waals surface area contributed by atoms with E-state index in [1.165, 1.54) is 27.3 Å². The molecule has 0 radical (unpaired) electrons. The minimum atomic E-state index is 0.0745. The zero-order valence-corrected chi connectivity index (χ0v) is 18.7. The third kappa shape index (κ3) is 5.68. The molecule has 158 valence electrons. The molecule has 1 aliphatic carbocycles. The standard InChI is InChI=1S/C24H34N2O2S/c1-18-5-12-24(29-18)26(3)23-11-10-21(15-22(23)17-28)20-8-6-19(7-9-20)16-25(2)13-4-14-27/h5-9,12,17,21-23,27H,4,10-11,13-16H2,1-3H3/t21?,22-,23+/m0/s1. The van der Waals surface area contributed by atoms with Crippen LogP contribution in [-0.2, 0) is 11.3 Å². The first-order valence-corrected chi connectivity index (χ1v) is 11.5. The first-order valence-electron chi connectivity index (χ1n) is 10.6. The van der Waals surface area contributed by atoms with Gasteiger partial charge in [0.25, 0.3) is 0 Å². The van der Waals surface area contributed by atoms with E-state index >= 15 is 0 Å². The summed E-state index contributed by atoms with van der Waals surface area (Å²) in [6.45, 7) is 4.17. The number of hydrogen-bond acceptors (Lipinski definition) is 5. The van der Waals surface area contributed by atoms with Gasteiger partial charge in [-0.25, -0.2) is 0 Å². The maximum atomic E-state index is 11.9. The highest BCUT2D eigenvalue weighted by Crippen LogP contribution is 2.39. The predicted molar refractivity (Wildman–Crippen MR) is 122 cm³/mol. The SMILES string of the molecule is Cc1ccc(N(C)[C@@H]2CCC(c3ccc(CN(C)CCCO)cc3)C[C@H]2C=O)s1. The summed E-state index contributed by atoms with van der Waals surface area (Å²) in [5.41, 5.74) is 2.65. The minimum Gasteiger partial charge on any atom is -0.396 e. The van der Waals surface area contributed by atoms with Gasteiger partial charge in [-0.15, -0.1) is 11.3 Å². The maximum Gasteiger partial charge on any atom is 0.125 e. The summed E-state index contributed by atoms with van der Waals surface area (Å²) in [6, 6.07) is 13.5. The zero-order chi connectivity index (χ0) is 20.8. The van der Waals surface area contributed by atoms with Gasteiger partial charge >= 0.3 is 0 Å². The van der Waals surface area contributed by atoms with Crippen molar-refractivity contribution >= 4 is 22.6 Å². The van der Waals surface area contributed by atoms with Crippen LogP contribution >= 0.6 is 11.3 Å². The molecule has 1 unspecified atom stereocenters. The summed E-state index contributed by atoms with van der Waals surface area (Å²) in [5.74, 6) is 0.534. The van der Waals surface area contributed by atoms with E-state index in [2.05, 4.69) is 67.2 Å². The Morgan fingerprint density at radius 3 is 2.52 bits per heavy atom. The van der Waals surface area contributed by atoms with E-state index in [1.807, 2.05) is 0 Å². The van der Waals surface area contributed by atoms with Crippen LogP contribution in [0, 0.1) is 12.8 Å². The number of aliphatic hydroxyl groups excluding tert-OH is 1. The predicted octanol–water partition coefficient (Wildman–Crippen LogP) is 4.46. The van der Waals surface area contributed by atoms with Gasteiger partial charge in [-0.2, -0.15) is 0 Å². The molecular weight excluding hydrogens is 380 g/mol. The Hall–Kier alpha value is -1.69. The Morgan fingerprint density at radius 2 is 1.90 bits per heavy atom. The maximum absolute atomic E-state index is 11.9. The van der Waals surface area contributed by atoms with Gasteiger partial charge in [-0.05, 0) is 68.8 Å². The second-order valence-electron chi connectivity index (χ2n) is 8.43. The van der Waals surface area contributed by atoms with Crippen molar-refractivity contribution in [3.05, 3.63) is 52.4 Å². The molecule has 5 heteroatoms. The Kier molecular flexibility index (Phi) is 7.87. The lowest BCUT2D eigenvalue weighted by Gasteiger charge is -2.39. The highest BCUT2D eigenvalue weighted by atomic mass is 32.1. The van der Waals surface area contributed by atoms with E-state index in [-0.39, 0.29) is 12.5 Å². The zero-order valence-electron chi connectivity index (χ0n) is 17.9. The highest BCUT2D eigenvalue weighted by molar-refractivity contribution is 7.16. The summed E-state index contributed by atoms with van der Waals surface area (Å²) >= 11 is 1.80. The molecule has 3 atom stereocenters. The van der Waals surface area contributed by atoms with E-state index in [9.17, 15) is 4.79 Å². The number of carbonyl (C=O) groups excluding carboxylic acids is 1. The number of carbonyl (C=O) groups is 1. The highest BCUT2D eigenvalue weighted by Gasteiger charge is 2.34. The third-order valence-corrected chi connectivity index (χ3v) is 7.30. The van der Waals surface area contributed by atoms with Gasteiger partial charge in [0.15, 0.2) is 0 Å². The summed E-state index contributed by atoms with van der Waals surface area (Å²) in [4.78, 5) is 17.8. The van der Waals surface area contributed by atoms with Crippen LogP contribution in [0.25, 0.3) is 0 Å². The lowest BCUT2D eigenvalue weighted by atomic mass is 9.75. The number of aldehydes is 1. The van der Waals surface area contributed by atoms with Crippen molar-refractivity contribution in [1.29, 1.82) is 0 Å². The van der Waals surface area contributed by atoms with Crippen LogP contribution < -0.4 is 4.90 Å². The van der Waals surface area contributed by atoms with Gasteiger partial charge in [-0.1, -0.05) is 24.3 Å². The number of aliphatic hydroxyl groups is 1. The second kappa shape index (κ2) is 10.4. The number of thiophene rings is 1. The molecule has 3 rings (SSSR count). The average Bonchev–Trinajstić information content (AvgIpc) is 3.18. The minimum absolute atomic E-state index is 0.0745. The fourth-order valence-corrected chi connectivity index (χ4v) is 5.40. The molecule has 0 spiro atoms. The van der Waals surface area contributed by atoms with Crippen molar-refractivity contribution < 1.29 is 9.90 Å². The molecule has 0 aliphatic heterocycles. The quantitative estimate of drug-likeness (QED) is 0.616. The van der Waals surface area contributed by atoms with E-state index in [0.29, 0.717) is 12.0 Å². The van der Waals surface area contributed by atoms with Gasteiger partial charge < -0.3 is 19.7 Å². The van der Waals surface area contributed by atoms with E-state index in [1.54, 1.807) is 11.3 Å². The lowest BCUT2D eigenvalue weighted by molar-refractivity contribution is -0.112. The molecule has 1 aromatic carbocycles. The molecule has 29 heavy (non-hydrogen) atoms. The molecule has 4 nitrogen and oxygen atoms in total. The molecule has 1 aliphatic rings. The first-order chi connectivity index (χ1) is 14.0. The Bertz CT molecular complexity index is 773. The normalized spacial score (nSPS) is 22.0. The third-order valence-electron chi connectivity index (χ3n) is 6.21. The smallest absolute Gasteiger partial charge is 0.125 e. The van der Waals surface area contributed by atoms with E-state index < -0.39 is 0 Å². The van der Waals surface area contributed by atoms with Crippen molar-refractivity contribution in [3.8, 4) is 0 Å². The lowest BCUT2D eigenvalue weighted by Crippen LogP contribution is -2.42. The summed E-state index contributed by atoms with van der Waals surface area (Å²) in [6.07, 6.45) is 5.09. The average molecular weight is 415 g/mol. The van der Waals surface area contributed by atoms with Gasteiger partial charge in [0.2, 0.25) is 0 Å². The molecule has 2 aromatic rings. The number of anilines is 1. The fraction of sp³-hybridized carbons (Fsp3) is 0.542. The van der Waals surface area contributed by atoms with E-state index in [4.69, 9.17) is 5.11 Å². The largest absolute Gasteiger partial charge is 0.396 e. The number of rotatable bonds is 9. The van der Waals surface area contributed by atoms with Crippen LogP contribution in [0.5, 0.6) is 0 Å². The summed E-state index contributed by atoms with van der Waals surface area (Å²) < 4.78 is 0. The molecule has 1 aromatic heterocycles. The molecule has 0 bridgehead atoms. The van der Waals surface area contributed by atoms with Crippen LogP contribution in [-0.4, -0.2) is 49.6 Å². The van der Waals surface area contributed by atoms with Gasteiger partial charge in [0, 0.05) is 43.6 Å². The molecule has 1 N–H and O–H groups in total. The number of hydrogen-bond donors (Lipinski definition) is 1. The Balaban J connectivity index is 1.61. The van der Waals surface area contributed by atoms with Crippen LogP contribution in [0.3, 0.4) is 0 Å². The first kappa shape index (κ1) is 22.0. The van der Waals surface area contributed by atoms with Crippen molar-refractivity contribution in [2.24, 2.45) is 5.92 Å². The molecule has 1 fully saturated rings. The van der Waals surface area contributed by atoms with Gasteiger partial charge in [-0.3, -0.25) is 0 Å². The fourth-order valence-electron chi connectivity index (χ4n) is 4.52.